The highest BCUT2D eigenvalue weighted by atomic mass is 32.2. The van der Waals surface area contributed by atoms with Crippen LogP contribution in [0.5, 0.6) is 0 Å². The molecule has 0 saturated heterocycles. The molecule has 34 heavy (non-hydrogen) atoms. The first kappa shape index (κ1) is 30.8. The standard InChI is InChI=1S/C25H43N3OS2.CH3NO/c1-4-5-6-7-8-18-31-22-12-14-25(29,15-13-22)23-19-21(20-27-17-9-16-26)10-11-24(23)28(2)30-3;2-1-3/h10-12,14,19,22,27,29H,4-9,13,15-18,20,26H2,1-3H3;1H,(H2,2,3)/t22?,25-;/m1./s1. The Morgan fingerprint density at radius 1 is 1.26 bits per heavy atom. The van der Waals surface area contributed by atoms with Gasteiger partial charge in [0.05, 0.1) is 5.69 Å². The quantitative estimate of drug-likeness (QED) is 0.119. The third-order valence-electron chi connectivity index (χ3n) is 6.00. The molecule has 194 valence electrons. The number of hydrogen-bond donors (Lipinski definition) is 4. The van der Waals surface area contributed by atoms with Crippen molar-refractivity contribution < 1.29 is 9.90 Å². The van der Waals surface area contributed by atoms with E-state index in [1.165, 1.54) is 43.4 Å². The van der Waals surface area contributed by atoms with Crippen molar-refractivity contribution in [2.75, 3.05) is 36.5 Å². The number of carbonyl (C=O) groups excluding carboxylic acids is 1. The lowest BCUT2D eigenvalue weighted by Crippen LogP contribution is -2.30. The molecule has 8 heteroatoms. The second-order valence-electron chi connectivity index (χ2n) is 8.63. The van der Waals surface area contributed by atoms with Crippen molar-refractivity contribution >= 4 is 35.8 Å². The predicted octanol–water partition coefficient (Wildman–Crippen LogP) is 4.55. The summed E-state index contributed by atoms with van der Waals surface area (Å²) in [5.41, 5.74) is 12.2. The number of aliphatic hydroxyl groups is 1. The van der Waals surface area contributed by atoms with E-state index in [0.717, 1.165) is 43.6 Å². The first-order valence-corrected chi connectivity index (χ1v) is 14.7. The number of anilines is 1. The minimum absolute atomic E-state index is 0.250. The summed E-state index contributed by atoms with van der Waals surface area (Å²) in [5, 5.41) is 15.6. The Morgan fingerprint density at radius 3 is 2.62 bits per heavy atom. The maximum atomic E-state index is 11.6. The molecule has 1 unspecified atom stereocenters. The predicted molar refractivity (Wildman–Crippen MR) is 151 cm³/mol. The van der Waals surface area contributed by atoms with Gasteiger partial charge in [0.15, 0.2) is 0 Å². The molecule has 0 aliphatic heterocycles. The molecule has 2 atom stereocenters. The molecule has 0 fully saturated rings. The van der Waals surface area contributed by atoms with Gasteiger partial charge in [-0.3, -0.25) is 4.79 Å². The number of hydrogen-bond acceptors (Lipinski definition) is 7. The first-order chi connectivity index (χ1) is 16.4. The van der Waals surface area contributed by atoms with E-state index in [2.05, 4.69) is 77.7 Å². The smallest absolute Gasteiger partial charge is 0.204 e. The topological polar surface area (TPSA) is 105 Å². The number of thioether (sulfide) groups is 1. The lowest BCUT2D eigenvalue weighted by Gasteiger charge is -2.34. The van der Waals surface area contributed by atoms with E-state index < -0.39 is 5.60 Å². The summed E-state index contributed by atoms with van der Waals surface area (Å²) >= 11 is 3.72. The summed E-state index contributed by atoms with van der Waals surface area (Å²) in [5.74, 6) is 1.22. The first-order valence-electron chi connectivity index (χ1n) is 12.5. The molecule has 2 rings (SSSR count). The van der Waals surface area contributed by atoms with E-state index in [-0.39, 0.29) is 6.41 Å². The number of nitrogens with one attached hydrogen (secondary N) is 1. The largest absolute Gasteiger partial charge is 0.381 e. The van der Waals surface area contributed by atoms with Crippen LogP contribution < -0.4 is 21.1 Å². The van der Waals surface area contributed by atoms with Crippen LogP contribution in [0.3, 0.4) is 0 Å². The fourth-order valence-corrected chi connectivity index (χ4v) is 5.49. The molecule has 1 aromatic carbocycles. The van der Waals surface area contributed by atoms with Crippen LogP contribution in [0, 0.1) is 0 Å². The molecule has 0 saturated carbocycles. The van der Waals surface area contributed by atoms with Gasteiger partial charge in [-0.2, -0.15) is 11.8 Å². The number of benzene rings is 1. The monoisotopic (exact) mass is 510 g/mol. The third kappa shape index (κ3) is 11.0. The maximum absolute atomic E-state index is 11.6. The van der Waals surface area contributed by atoms with Gasteiger partial charge >= 0.3 is 0 Å². The maximum Gasteiger partial charge on any atom is 0.204 e. The Morgan fingerprint density at radius 2 is 2.00 bits per heavy atom. The molecule has 6 nitrogen and oxygen atoms in total. The average molecular weight is 511 g/mol. The molecule has 1 aromatic rings. The lowest BCUT2D eigenvalue weighted by atomic mass is 9.83. The van der Waals surface area contributed by atoms with Crippen molar-refractivity contribution in [1.29, 1.82) is 0 Å². The van der Waals surface area contributed by atoms with E-state index in [4.69, 9.17) is 10.5 Å². The number of rotatable bonds is 15. The Kier molecular flexibility index (Phi) is 16.4. The van der Waals surface area contributed by atoms with Crippen molar-refractivity contribution in [1.82, 2.24) is 5.32 Å². The van der Waals surface area contributed by atoms with Gasteiger partial charge in [-0.1, -0.05) is 62.8 Å². The average Bonchev–Trinajstić information content (AvgIpc) is 2.85. The summed E-state index contributed by atoms with van der Waals surface area (Å²) in [6.07, 6.45) is 16.1. The van der Waals surface area contributed by atoms with E-state index in [1.807, 2.05) is 0 Å². The molecule has 1 aliphatic rings. The van der Waals surface area contributed by atoms with Gasteiger partial charge in [-0.15, -0.1) is 0 Å². The Bertz CT molecular complexity index is 720. The number of amides is 1. The van der Waals surface area contributed by atoms with Crippen LogP contribution in [0.25, 0.3) is 0 Å². The SMILES string of the molecule is CCCCCCCSC1C=C[C@](O)(c2cc(CNCCCN)ccc2N(C)SC)CC1.NC=O. The van der Waals surface area contributed by atoms with Gasteiger partial charge in [0.25, 0.3) is 0 Å². The second-order valence-corrected chi connectivity index (χ2v) is 10.9. The van der Waals surface area contributed by atoms with E-state index in [1.54, 1.807) is 11.9 Å². The van der Waals surface area contributed by atoms with Gasteiger partial charge in [0.2, 0.25) is 6.41 Å². The summed E-state index contributed by atoms with van der Waals surface area (Å²) in [6, 6.07) is 6.49. The number of nitrogens with zero attached hydrogens (tertiary/aromatic N) is 1. The van der Waals surface area contributed by atoms with Crippen LogP contribution >= 0.6 is 23.7 Å². The minimum Gasteiger partial charge on any atom is -0.381 e. The van der Waals surface area contributed by atoms with Crippen LogP contribution in [0.1, 0.15) is 69.4 Å². The van der Waals surface area contributed by atoms with Gasteiger partial charge in [0.1, 0.15) is 5.60 Å². The lowest BCUT2D eigenvalue weighted by molar-refractivity contribution is -0.106. The van der Waals surface area contributed by atoms with Crippen molar-refractivity contribution in [2.24, 2.45) is 11.5 Å². The zero-order valence-corrected chi connectivity index (χ0v) is 22.9. The molecule has 0 heterocycles. The Labute approximate surface area is 215 Å². The number of primary amides is 1. The fourth-order valence-electron chi connectivity index (χ4n) is 3.98. The van der Waals surface area contributed by atoms with Gasteiger partial charge in [0, 0.05) is 30.7 Å². The van der Waals surface area contributed by atoms with Crippen LogP contribution in [0.4, 0.5) is 5.69 Å². The van der Waals surface area contributed by atoms with Gasteiger partial charge in [-0.25, -0.2) is 0 Å². The molecule has 0 spiro atoms. The van der Waals surface area contributed by atoms with Crippen LogP contribution in [0.15, 0.2) is 30.4 Å². The number of nitrogens with two attached hydrogens (primary N) is 2. The molecular formula is C26H46N4O2S2. The van der Waals surface area contributed by atoms with Crippen LogP contribution in [-0.2, 0) is 16.9 Å². The van der Waals surface area contributed by atoms with Crippen molar-refractivity contribution in [3.63, 3.8) is 0 Å². The Hall–Kier alpha value is -1.19. The van der Waals surface area contributed by atoms with Gasteiger partial charge < -0.3 is 26.2 Å². The molecule has 0 aromatic heterocycles. The molecule has 6 N–H and O–H groups in total. The normalized spacial score (nSPS) is 19.4. The van der Waals surface area contributed by atoms with Gasteiger partial charge in [-0.05, 0) is 62.2 Å². The van der Waals surface area contributed by atoms with Crippen molar-refractivity contribution in [3.8, 4) is 0 Å². The molecule has 0 bridgehead atoms. The summed E-state index contributed by atoms with van der Waals surface area (Å²) in [6.45, 7) is 4.68. The zero-order valence-electron chi connectivity index (χ0n) is 21.3. The van der Waals surface area contributed by atoms with Crippen LogP contribution in [0.2, 0.25) is 0 Å². The van der Waals surface area contributed by atoms with Crippen molar-refractivity contribution in [2.45, 2.75) is 75.7 Å². The fraction of sp³-hybridized carbons (Fsp3) is 0.654. The molecule has 1 aliphatic carbocycles. The highest BCUT2D eigenvalue weighted by molar-refractivity contribution is 8.00. The molecule has 0 radical (unpaired) electrons. The highest BCUT2D eigenvalue weighted by Crippen LogP contribution is 2.41. The summed E-state index contributed by atoms with van der Waals surface area (Å²) in [4.78, 5) is 8.58. The zero-order chi connectivity index (χ0) is 25.2. The number of unbranched alkanes of at least 4 members (excludes halogenated alkanes) is 4. The van der Waals surface area contributed by atoms with Crippen LogP contribution in [-0.4, -0.2) is 48.9 Å². The van der Waals surface area contributed by atoms with Crippen molar-refractivity contribution in [3.05, 3.63) is 41.5 Å². The van der Waals surface area contributed by atoms with E-state index in [9.17, 15) is 5.11 Å². The highest BCUT2D eigenvalue weighted by Gasteiger charge is 2.33. The summed E-state index contributed by atoms with van der Waals surface area (Å²) < 4.78 is 2.14. The number of carbonyl (C=O) groups is 1. The van der Waals surface area contributed by atoms with E-state index >= 15 is 0 Å². The third-order valence-corrected chi connectivity index (χ3v) is 8.09. The Balaban J connectivity index is 0.00000182. The molecular weight excluding hydrogens is 464 g/mol. The molecule has 1 amide bonds. The minimum atomic E-state index is -0.898. The second kappa shape index (κ2) is 18.1. The summed E-state index contributed by atoms with van der Waals surface area (Å²) in [7, 11) is 2.07. The van der Waals surface area contributed by atoms with E-state index in [0.29, 0.717) is 11.8 Å².